The zero-order valence-electron chi connectivity index (χ0n) is 11.6. The maximum atomic E-state index is 14.0. The van der Waals surface area contributed by atoms with Gasteiger partial charge < -0.3 is 4.74 Å². The van der Waals surface area contributed by atoms with E-state index in [2.05, 4.69) is 6.92 Å². The van der Waals surface area contributed by atoms with E-state index in [1.54, 1.807) is 12.1 Å². The predicted molar refractivity (Wildman–Crippen MR) is 73.0 cm³/mol. The van der Waals surface area contributed by atoms with Crippen molar-refractivity contribution in [3.05, 3.63) is 29.6 Å². The van der Waals surface area contributed by atoms with Gasteiger partial charge in [-0.3, -0.25) is 4.79 Å². The van der Waals surface area contributed by atoms with E-state index in [0.717, 1.165) is 25.7 Å². The zero-order valence-corrected chi connectivity index (χ0v) is 11.6. The van der Waals surface area contributed by atoms with Gasteiger partial charge in [-0.25, -0.2) is 4.39 Å². The first-order valence-electron chi connectivity index (χ1n) is 7.05. The topological polar surface area (TPSA) is 26.3 Å². The Labute approximate surface area is 114 Å². The third-order valence-corrected chi connectivity index (χ3v) is 4.21. The average Bonchev–Trinajstić information content (AvgIpc) is 2.46. The van der Waals surface area contributed by atoms with Crippen LogP contribution >= 0.6 is 0 Å². The summed E-state index contributed by atoms with van der Waals surface area (Å²) in [5.41, 5.74) is 0.214. The summed E-state index contributed by atoms with van der Waals surface area (Å²) in [5, 5.41) is 0. The van der Waals surface area contributed by atoms with Crippen molar-refractivity contribution in [1.29, 1.82) is 0 Å². The van der Waals surface area contributed by atoms with Crippen molar-refractivity contribution in [3.63, 3.8) is 0 Å². The summed E-state index contributed by atoms with van der Waals surface area (Å²) in [6.07, 6.45) is 5.24. The molecular formula is C16H21FO2. The van der Waals surface area contributed by atoms with E-state index in [-0.39, 0.29) is 17.3 Å². The zero-order chi connectivity index (χ0) is 13.8. The second kappa shape index (κ2) is 6.18. The molecule has 1 aliphatic carbocycles. The lowest BCUT2D eigenvalue weighted by molar-refractivity contribution is 0.0816. The summed E-state index contributed by atoms with van der Waals surface area (Å²) in [7, 11) is 1.49. The van der Waals surface area contributed by atoms with Gasteiger partial charge >= 0.3 is 0 Å². The molecule has 0 aliphatic heterocycles. The molecule has 0 N–H and O–H groups in total. The molecule has 2 unspecified atom stereocenters. The van der Waals surface area contributed by atoms with Crippen molar-refractivity contribution in [2.24, 2.45) is 11.8 Å². The molecule has 0 heterocycles. The molecule has 2 rings (SSSR count). The van der Waals surface area contributed by atoms with Gasteiger partial charge in [0.25, 0.3) is 0 Å². The van der Waals surface area contributed by atoms with E-state index in [1.165, 1.54) is 19.6 Å². The Balaban J connectivity index is 2.23. The molecule has 1 aromatic rings. The van der Waals surface area contributed by atoms with Crippen molar-refractivity contribution >= 4 is 5.78 Å². The van der Waals surface area contributed by atoms with Gasteiger partial charge in [-0.2, -0.15) is 0 Å². The number of Topliss-reactive ketones (excluding diaryl/α,β-unsaturated/α-hetero) is 1. The molecule has 1 fully saturated rings. The van der Waals surface area contributed by atoms with Crippen LogP contribution in [0.5, 0.6) is 5.75 Å². The van der Waals surface area contributed by atoms with Gasteiger partial charge in [0, 0.05) is 12.0 Å². The molecule has 0 aromatic heterocycles. The highest BCUT2D eigenvalue weighted by molar-refractivity contribution is 5.98. The lowest BCUT2D eigenvalue weighted by Gasteiger charge is -2.29. The van der Waals surface area contributed by atoms with Gasteiger partial charge in [-0.1, -0.05) is 26.2 Å². The second-order valence-corrected chi connectivity index (χ2v) is 5.27. The van der Waals surface area contributed by atoms with Crippen LogP contribution in [-0.4, -0.2) is 12.9 Å². The molecule has 104 valence electrons. The monoisotopic (exact) mass is 264 g/mol. The number of ketones is 1. The van der Waals surface area contributed by atoms with Gasteiger partial charge in [-0.15, -0.1) is 0 Å². The smallest absolute Gasteiger partial charge is 0.169 e. The summed E-state index contributed by atoms with van der Waals surface area (Å²) in [6, 6.07) is 4.49. The fourth-order valence-electron chi connectivity index (χ4n) is 3.06. The lowest BCUT2D eigenvalue weighted by atomic mass is 9.74. The molecule has 0 amide bonds. The molecule has 2 nitrogen and oxygen atoms in total. The van der Waals surface area contributed by atoms with Crippen molar-refractivity contribution in [2.45, 2.75) is 39.0 Å². The van der Waals surface area contributed by atoms with E-state index in [4.69, 9.17) is 4.74 Å². The number of methoxy groups -OCH3 is 1. The summed E-state index contributed by atoms with van der Waals surface area (Å²) in [4.78, 5) is 12.5. The fraction of sp³-hybridized carbons (Fsp3) is 0.562. The normalized spacial score (nSPS) is 23.1. The van der Waals surface area contributed by atoms with Crippen LogP contribution in [0.1, 0.15) is 49.4 Å². The summed E-state index contributed by atoms with van der Waals surface area (Å²) >= 11 is 0. The van der Waals surface area contributed by atoms with Gasteiger partial charge in [0.1, 0.15) is 11.6 Å². The summed E-state index contributed by atoms with van der Waals surface area (Å²) < 4.78 is 18.9. The molecule has 0 bridgehead atoms. The predicted octanol–water partition coefficient (Wildman–Crippen LogP) is 4.23. The number of benzene rings is 1. The number of rotatable bonds is 4. The molecular weight excluding hydrogens is 243 g/mol. The van der Waals surface area contributed by atoms with Crippen molar-refractivity contribution in [3.8, 4) is 5.75 Å². The number of halogens is 1. The molecule has 19 heavy (non-hydrogen) atoms. The van der Waals surface area contributed by atoms with Gasteiger partial charge in [0.05, 0.1) is 12.7 Å². The molecule has 0 radical (unpaired) electrons. The first-order chi connectivity index (χ1) is 9.17. The standard InChI is InChI=1S/C16H21FO2/c1-3-11-6-4-5-7-13(11)16(18)14-9-8-12(19-2)10-15(14)17/h8-11,13H,3-7H2,1-2H3. The van der Waals surface area contributed by atoms with Crippen LogP contribution in [0.15, 0.2) is 18.2 Å². The number of ether oxygens (including phenoxy) is 1. The Hall–Kier alpha value is -1.38. The molecule has 1 aromatic carbocycles. The fourth-order valence-corrected chi connectivity index (χ4v) is 3.06. The van der Waals surface area contributed by atoms with Crippen molar-refractivity contribution in [1.82, 2.24) is 0 Å². The quantitative estimate of drug-likeness (QED) is 0.760. The van der Waals surface area contributed by atoms with E-state index >= 15 is 0 Å². The number of carbonyl (C=O) groups excluding carboxylic acids is 1. The Bertz CT molecular complexity index is 456. The highest BCUT2D eigenvalue weighted by Gasteiger charge is 2.31. The van der Waals surface area contributed by atoms with Gasteiger partial charge in [0.15, 0.2) is 5.78 Å². The first kappa shape index (κ1) is 14.0. The molecule has 0 spiro atoms. The van der Waals surface area contributed by atoms with Crippen molar-refractivity contribution in [2.75, 3.05) is 7.11 Å². The van der Waals surface area contributed by atoms with E-state index in [0.29, 0.717) is 11.7 Å². The SMILES string of the molecule is CCC1CCCCC1C(=O)c1ccc(OC)cc1F. The molecule has 3 heteroatoms. The minimum Gasteiger partial charge on any atom is -0.497 e. The Morgan fingerprint density at radius 3 is 2.74 bits per heavy atom. The second-order valence-electron chi connectivity index (χ2n) is 5.27. The largest absolute Gasteiger partial charge is 0.497 e. The Morgan fingerprint density at radius 2 is 2.11 bits per heavy atom. The molecule has 1 aliphatic rings. The first-order valence-corrected chi connectivity index (χ1v) is 7.05. The summed E-state index contributed by atoms with van der Waals surface area (Å²) in [5.74, 6) is 0.339. The van der Waals surface area contributed by atoms with Crippen LogP contribution in [0.4, 0.5) is 4.39 Å². The number of hydrogen-bond acceptors (Lipinski definition) is 2. The van der Waals surface area contributed by atoms with E-state index < -0.39 is 5.82 Å². The number of hydrogen-bond donors (Lipinski definition) is 0. The molecule has 0 saturated heterocycles. The minimum atomic E-state index is -0.468. The van der Waals surface area contributed by atoms with Crippen LogP contribution in [0, 0.1) is 17.7 Å². The third kappa shape index (κ3) is 2.96. The third-order valence-electron chi connectivity index (χ3n) is 4.21. The van der Waals surface area contributed by atoms with Crippen LogP contribution in [-0.2, 0) is 0 Å². The van der Waals surface area contributed by atoms with Gasteiger partial charge in [-0.05, 0) is 30.9 Å². The Kier molecular flexibility index (Phi) is 4.56. The number of carbonyl (C=O) groups is 1. The Morgan fingerprint density at radius 1 is 1.37 bits per heavy atom. The van der Waals surface area contributed by atoms with E-state index in [9.17, 15) is 9.18 Å². The van der Waals surface area contributed by atoms with Crippen molar-refractivity contribution < 1.29 is 13.9 Å². The lowest BCUT2D eigenvalue weighted by Crippen LogP contribution is -2.27. The average molecular weight is 264 g/mol. The van der Waals surface area contributed by atoms with Gasteiger partial charge in [0.2, 0.25) is 0 Å². The minimum absolute atomic E-state index is 0.0124. The molecule has 1 saturated carbocycles. The van der Waals surface area contributed by atoms with Crippen LogP contribution in [0.25, 0.3) is 0 Å². The maximum absolute atomic E-state index is 14.0. The van der Waals surface area contributed by atoms with E-state index in [1.807, 2.05) is 0 Å². The van der Waals surface area contributed by atoms with Crippen LogP contribution < -0.4 is 4.74 Å². The van der Waals surface area contributed by atoms with Crippen LogP contribution in [0.2, 0.25) is 0 Å². The maximum Gasteiger partial charge on any atom is 0.169 e. The molecule has 2 atom stereocenters. The highest BCUT2D eigenvalue weighted by atomic mass is 19.1. The highest BCUT2D eigenvalue weighted by Crippen LogP contribution is 2.35. The van der Waals surface area contributed by atoms with Crippen LogP contribution in [0.3, 0.4) is 0 Å². The summed E-state index contributed by atoms with van der Waals surface area (Å²) in [6.45, 7) is 2.11.